The zero-order valence-corrected chi connectivity index (χ0v) is 15.6. The summed E-state index contributed by atoms with van der Waals surface area (Å²) in [7, 11) is 1.81. The number of amides is 1. The van der Waals surface area contributed by atoms with Gasteiger partial charge in [0.15, 0.2) is 0 Å². The van der Waals surface area contributed by atoms with Gasteiger partial charge in [-0.3, -0.25) is 4.79 Å². The lowest BCUT2D eigenvalue weighted by molar-refractivity contribution is 0.0951. The highest BCUT2D eigenvalue weighted by Gasteiger charge is 2.17. The summed E-state index contributed by atoms with van der Waals surface area (Å²) in [6.07, 6.45) is 0. The van der Waals surface area contributed by atoms with Gasteiger partial charge in [0, 0.05) is 43.9 Å². The number of aromatic nitrogens is 1. The highest BCUT2D eigenvalue weighted by Crippen LogP contribution is 2.24. The topological polar surface area (TPSA) is 57.3 Å². The van der Waals surface area contributed by atoms with Crippen LogP contribution in [0.5, 0.6) is 0 Å². The molecule has 1 aromatic heterocycles. The molecule has 5 nitrogen and oxygen atoms in total. The summed E-state index contributed by atoms with van der Waals surface area (Å²) in [6.45, 7) is 4.60. The van der Waals surface area contributed by atoms with E-state index in [0.29, 0.717) is 12.1 Å². The molecule has 0 bridgehead atoms. The molecule has 2 N–H and O–H groups in total. The summed E-state index contributed by atoms with van der Waals surface area (Å²) >= 11 is 3.33. The normalized spacial score (nSPS) is 14.5. The first-order valence-corrected chi connectivity index (χ1v) is 9.95. The molecule has 1 aromatic carbocycles. The van der Waals surface area contributed by atoms with Crippen molar-refractivity contribution in [1.82, 2.24) is 9.69 Å². The minimum Gasteiger partial charge on any atom is -0.378 e. The smallest absolute Gasteiger partial charge is 0.256 e. The number of rotatable bonds is 5. The molecule has 0 radical (unpaired) electrons. The molecule has 0 saturated carbocycles. The maximum absolute atomic E-state index is 12.4. The van der Waals surface area contributed by atoms with Gasteiger partial charge < -0.3 is 15.5 Å². The Morgan fingerprint density at radius 1 is 1.25 bits per heavy atom. The summed E-state index contributed by atoms with van der Waals surface area (Å²) in [6, 6.07) is 8.48. The average Bonchev–Trinajstić information content (AvgIpc) is 3.01. The Balaban J connectivity index is 1.60. The summed E-state index contributed by atoms with van der Waals surface area (Å²) in [4.78, 5) is 14.8. The molecule has 0 unspecified atom stereocenters. The second-order valence-electron chi connectivity index (χ2n) is 5.67. The number of carbonyl (C=O) groups is 1. The van der Waals surface area contributed by atoms with Gasteiger partial charge in [-0.2, -0.15) is 16.1 Å². The molecule has 2 aromatic rings. The Bertz CT molecular complexity index is 693. The van der Waals surface area contributed by atoms with E-state index in [1.54, 1.807) is 0 Å². The van der Waals surface area contributed by atoms with Crippen molar-refractivity contribution in [2.45, 2.75) is 13.5 Å². The van der Waals surface area contributed by atoms with E-state index in [-0.39, 0.29) is 5.91 Å². The average molecular weight is 363 g/mol. The van der Waals surface area contributed by atoms with Crippen LogP contribution in [0.1, 0.15) is 21.6 Å². The number of nitrogens with one attached hydrogen (secondary N) is 2. The number of hydrogen-bond donors (Lipinski definition) is 2. The third-order valence-corrected chi connectivity index (χ3v) is 5.98. The standard InChI is InChI=1S/C17H22N4OS2/c1-12-15(17(18-2)24-20-12)16(22)19-11-13-3-5-14(6-4-13)21-7-9-23-10-8-21/h3-6,18H,7-11H2,1-2H3,(H,19,22). The van der Waals surface area contributed by atoms with E-state index in [9.17, 15) is 4.79 Å². The van der Waals surface area contributed by atoms with Crippen LogP contribution >= 0.6 is 23.3 Å². The maximum Gasteiger partial charge on any atom is 0.256 e. The Morgan fingerprint density at radius 2 is 1.96 bits per heavy atom. The number of thioether (sulfide) groups is 1. The molecule has 3 rings (SSSR count). The number of nitrogens with zero attached hydrogens (tertiary/aromatic N) is 2. The third-order valence-electron chi connectivity index (χ3n) is 4.08. The van der Waals surface area contributed by atoms with Crippen molar-refractivity contribution in [2.75, 3.05) is 41.9 Å². The summed E-state index contributed by atoms with van der Waals surface area (Å²) in [5, 5.41) is 6.82. The van der Waals surface area contributed by atoms with Crippen LogP contribution in [0.2, 0.25) is 0 Å². The van der Waals surface area contributed by atoms with Crippen LogP contribution in [-0.2, 0) is 6.54 Å². The summed E-state index contributed by atoms with van der Waals surface area (Å²) < 4.78 is 4.24. The fraction of sp³-hybridized carbons (Fsp3) is 0.412. The van der Waals surface area contributed by atoms with Gasteiger partial charge in [0.05, 0.1) is 11.3 Å². The number of hydrogen-bond acceptors (Lipinski definition) is 6. The van der Waals surface area contributed by atoms with E-state index in [1.165, 1.54) is 28.7 Å². The SMILES string of the molecule is CNc1snc(C)c1C(=O)NCc1ccc(N2CCSCC2)cc1. The minimum absolute atomic E-state index is 0.0808. The van der Waals surface area contributed by atoms with Crippen molar-refractivity contribution in [3.8, 4) is 0 Å². The first kappa shape index (κ1) is 17.1. The van der Waals surface area contributed by atoms with Gasteiger partial charge in [-0.05, 0) is 36.2 Å². The predicted molar refractivity (Wildman–Crippen MR) is 104 cm³/mol. The molecular weight excluding hydrogens is 340 g/mol. The monoisotopic (exact) mass is 362 g/mol. The van der Waals surface area contributed by atoms with E-state index < -0.39 is 0 Å². The van der Waals surface area contributed by atoms with Crippen molar-refractivity contribution in [3.05, 3.63) is 41.1 Å². The van der Waals surface area contributed by atoms with Crippen molar-refractivity contribution >= 4 is 39.9 Å². The van der Waals surface area contributed by atoms with Crippen molar-refractivity contribution < 1.29 is 4.79 Å². The number of aryl methyl sites for hydroxylation is 1. The largest absolute Gasteiger partial charge is 0.378 e. The zero-order chi connectivity index (χ0) is 16.9. The molecule has 1 amide bonds. The van der Waals surface area contributed by atoms with Crippen LogP contribution in [0.4, 0.5) is 10.7 Å². The molecule has 1 saturated heterocycles. The highest BCUT2D eigenvalue weighted by atomic mass is 32.2. The van der Waals surface area contributed by atoms with Crippen LogP contribution in [0.3, 0.4) is 0 Å². The maximum atomic E-state index is 12.4. The highest BCUT2D eigenvalue weighted by molar-refractivity contribution is 7.99. The Kier molecular flexibility index (Phi) is 5.63. The second-order valence-corrected chi connectivity index (χ2v) is 7.67. The molecule has 1 aliphatic rings. The van der Waals surface area contributed by atoms with Gasteiger partial charge in [0.2, 0.25) is 0 Å². The lowest BCUT2D eigenvalue weighted by atomic mass is 10.1. The van der Waals surface area contributed by atoms with Gasteiger partial charge in [-0.15, -0.1) is 0 Å². The third kappa shape index (κ3) is 3.84. The minimum atomic E-state index is -0.0808. The fourth-order valence-corrected chi connectivity index (χ4v) is 4.37. The van der Waals surface area contributed by atoms with Crippen LogP contribution in [0.25, 0.3) is 0 Å². The molecule has 1 aliphatic heterocycles. The van der Waals surface area contributed by atoms with Crippen LogP contribution in [-0.4, -0.2) is 41.9 Å². The molecule has 1 fully saturated rings. The first-order chi connectivity index (χ1) is 11.7. The molecule has 0 spiro atoms. The van der Waals surface area contributed by atoms with E-state index in [4.69, 9.17) is 0 Å². The van der Waals surface area contributed by atoms with E-state index in [0.717, 1.165) is 29.3 Å². The molecule has 128 valence electrons. The molecule has 0 atom stereocenters. The molecule has 2 heterocycles. The Labute approximate surface area is 151 Å². The lowest BCUT2D eigenvalue weighted by Gasteiger charge is -2.28. The van der Waals surface area contributed by atoms with Gasteiger partial charge in [-0.25, -0.2) is 0 Å². The lowest BCUT2D eigenvalue weighted by Crippen LogP contribution is -2.32. The van der Waals surface area contributed by atoms with Gasteiger partial charge in [0.1, 0.15) is 5.00 Å². The van der Waals surface area contributed by atoms with E-state index in [1.807, 2.05) is 25.7 Å². The first-order valence-electron chi connectivity index (χ1n) is 8.03. The Morgan fingerprint density at radius 3 is 2.62 bits per heavy atom. The Hall–Kier alpha value is -1.73. The van der Waals surface area contributed by atoms with Gasteiger partial charge in [0.25, 0.3) is 5.91 Å². The van der Waals surface area contributed by atoms with Crippen LogP contribution in [0.15, 0.2) is 24.3 Å². The second kappa shape index (κ2) is 7.90. The molecule has 7 heteroatoms. The number of anilines is 2. The predicted octanol–water partition coefficient (Wildman–Crippen LogP) is 2.98. The summed E-state index contributed by atoms with van der Waals surface area (Å²) in [5.74, 6) is 2.31. The number of benzene rings is 1. The molecular formula is C17H22N4OS2. The van der Waals surface area contributed by atoms with E-state index >= 15 is 0 Å². The zero-order valence-electron chi connectivity index (χ0n) is 14.0. The van der Waals surface area contributed by atoms with Crippen molar-refractivity contribution in [2.24, 2.45) is 0 Å². The van der Waals surface area contributed by atoms with E-state index in [2.05, 4.69) is 44.2 Å². The quantitative estimate of drug-likeness (QED) is 0.856. The van der Waals surface area contributed by atoms with Crippen LogP contribution in [0, 0.1) is 6.92 Å². The van der Waals surface area contributed by atoms with Crippen molar-refractivity contribution in [3.63, 3.8) is 0 Å². The number of carbonyl (C=O) groups excluding carboxylic acids is 1. The van der Waals surface area contributed by atoms with Gasteiger partial charge >= 0.3 is 0 Å². The van der Waals surface area contributed by atoms with Crippen LogP contribution < -0.4 is 15.5 Å². The fourth-order valence-electron chi connectivity index (χ4n) is 2.72. The molecule has 0 aliphatic carbocycles. The van der Waals surface area contributed by atoms with Crippen molar-refractivity contribution in [1.29, 1.82) is 0 Å². The molecule has 24 heavy (non-hydrogen) atoms. The summed E-state index contributed by atoms with van der Waals surface area (Å²) in [5.41, 5.74) is 3.77. The van der Waals surface area contributed by atoms with Gasteiger partial charge in [-0.1, -0.05) is 12.1 Å².